The van der Waals surface area contributed by atoms with E-state index in [4.69, 9.17) is 4.74 Å². The van der Waals surface area contributed by atoms with Gasteiger partial charge in [-0.2, -0.15) is 0 Å². The summed E-state index contributed by atoms with van der Waals surface area (Å²) in [6.45, 7) is 7.57. The van der Waals surface area contributed by atoms with Gasteiger partial charge in [-0.05, 0) is 37.3 Å². The van der Waals surface area contributed by atoms with Gasteiger partial charge in [-0.15, -0.1) is 0 Å². The molecule has 0 saturated heterocycles. The van der Waals surface area contributed by atoms with Gasteiger partial charge in [-0.25, -0.2) is 0 Å². The molecule has 3 rings (SSSR count). The predicted molar refractivity (Wildman–Crippen MR) is 106 cm³/mol. The molecule has 8 heteroatoms. The first kappa shape index (κ1) is 20.7. The van der Waals surface area contributed by atoms with E-state index in [1.807, 2.05) is 13.8 Å². The number of ketones is 1. The lowest BCUT2D eigenvalue weighted by atomic mass is 9.67. The fraction of sp³-hybridized carbons (Fsp3) is 0.476. The molecule has 1 aromatic rings. The van der Waals surface area contributed by atoms with E-state index in [2.05, 4.69) is 4.99 Å². The van der Waals surface area contributed by atoms with E-state index in [9.17, 15) is 24.8 Å². The van der Waals surface area contributed by atoms with Gasteiger partial charge in [0.05, 0.1) is 11.5 Å². The minimum absolute atomic E-state index is 0.107. The Hall–Kier alpha value is -3.03. The summed E-state index contributed by atoms with van der Waals surface area (Å²) in [6.07, 6.45) is 0.891. The third-order valence-electron chi connectivity index (χ3n) is 5.40. The average Bonchev–Trinajstić information content (AvgIpc) is 2.59. The fourth-order valence-electron chi connectivity index (χ4n) is 4.23. The molecule has 2 atom stereocenters. The Morgan fingerprint density at radius 1 is 1.38 bits per heavy atom. The molecule has 1 aliphatic carbocycles. The number of nitro benzene ring substituents is 1. The number of carbonyl (C=O) groups is 2. The molecule has 1 unspecified atom stereocenters. The number of hydrogen-bond donors (Lipinski definition) is 1. The fourth-order valence-corrected chi connectivity index (χ4v) is 4.23. The molecular formula is C21H24N2O6. The van der Waals surface area contributed by atoms with Gasteiger partial charge in [0.1, 0.15) is 5.92 Å². The minimum Gasteiger partial charge on any atom is -0.502 e. The van der Waals surface area contributed by atoms with Gasteiger partial charge in [-0.1, -0.05) is 19.9 Å². The summed E-state index contributed by atoms with van der Waals surface area (Å²) >= 11 is 0. The minimum atomic E-state index is -0.834. The zero-order valence-corrected chi connectivity index (χ0v) is 16.9. The van der Waals surface area contributed by atoms with Crippen molar-refractivity contribution >= 4 is 23.2 Å². The Morgan fingerprint density at radius 3 is 2.66 bits per heavy atom. The number of carbonyl (C=O) groups excluding carboxylic acids is 2. The van der Waals surface area contributed by atoms with Crippen molar-refractivity contribution in [3.05, 3.63) is 45.1 Å². The van der Waals surface area contributed by atoms with E-state index in [-0.39, 0.29) is 17.8 Å². The molecule has 0 bridgehead atoms. The SMILES string of the molecule is CCOC(=O)C1C(C)=NC2=C(C(=O)CC(C)(C)C2)[C@@H]1c1ccc([N+](=O)[O-])c(O)c1. The second-order valence-corrected chi connectivity index (χ2v) is 8.27. The zero-order valence-electron chi connectivity index (χ0n) is 16.9. The van der Waals surface area contributed by atoms with Crippen LogP contribution in [0.3, 0.4) is 0 Å². The highest BCUT2D eigenvalue weighted by atomic mass is 16.6. The smallest absolute Gasteiger partial charge is 0.315 e. The molecule has 0 radical (unpaired) electrons. The monoisotopic (exact) mass is 400 g/mol. The molecule has 2 aliphatic rings. The molecule has 1 aliphatic heterocycles. The Balaban J connectivity index is 2.19. The normalized spacial score (nSPS) is 23.3. The molecule has 0 amide bonds. The van der Waals surface area contributed by atoms with Crippen molar-refractivity contribution in [2.24, 2.45) is 16.3 Å². The third-order valence-corrected chi connectivity index (χ3v) is 5.40. The van der Waals surface area contributed by atoms with Crippen LogP contribution in [-0.4, -0.2) is 34.1 Å². The van der Waals surface area contributed by atoms with Crippen LogP contribution < -0.4 is 0 Å². The lowest BCUT2D eigenvalue weighted by Crippen LogP contribution is -2.39. The van der Waals surface area contributed by atoms with Gasteiger partial charge >= 0.3 is 11.7 Å². The second kappa shape index (κ2) is 7.42. The molecule has 1 N–H and O–H groups in total. The summed E-state index contributed by atoms with van der Waals surface area (Å²) in [5.41, 5.74) is 1.34. The highest BCUT2D eigenvalue weighted by molar-refractivity contribution is 6.09. The molecule has 0 spiro atoms. The van der Waals surface area contributed by atoms with Crippen molar-refractivity contribution in [2.75, 3.05) is 6.61 Å². The highest BCUT2D eigenvalue weighted by Crippen LogP contribution is 2.48. The summed E-state index contributed by atoms with van der Waals surface area (Å²) < 4.78 is 5.23. The Morgan fingerprint density at radius 2 is 2.07 bits per heavy atom. The number of hydrogen-bond acceptors (Lipinski definition) is 7. The van der Waals surface area contributed by atoms with Crippen LogP contribution in [0.25, 0.3) is 0 Å². The summed E-state index contributed by atoms with van der Waals surface area (Å²) in [5.74, 6) is -2.68. The van der Waals surface area contributed by atoms with Crippen molar-refractivity contribution in [3.8, 4) is 5.75 Å². The van der Waals surface area contributed by atoms with Gasteiger partial charge in [0, 0.05) is 35.4 Å². The quantitative estimate of drug-likeness (QED) is 0.468. The maximum atomic E-state index is 13.1. The number of allylic oxidation sites excluding steroid dienone is 2. The first-order valence-corrected chi connectivity index (χ1v) is 9.51. The van der Waals surface area contributed by atoms with E-state index < -0.39 is 34.2 Å². The summed E-state index contributed by atoms with van der Waals surface area (Å²) in [6, 6.07) is 3.92. The molecule has 0 aromatic heterocycles. The predicted octanol–water partition coefficient (Wildman–Crippen LogP) is 3.68. The molecule has 1 heterocycles. The van der Waals surface area contributed by atoms with Crippen LogP contribution in [0, 0.1) is 21.4 Å². The number of aliphatic imine (C=N–C) groups is 1. The number of phenols is 1. The number of Topliss-reactive ketones (excluding diaryl/α,β-unsaturated/α-hetero) is 1. The van der Waals surface area contributed by atoms with Crippen LogP contribution in [0.15, 0.2) is 34.5 Å². The zero-order chi connectivity index (χ0) is 21.5. The molecular weight excluding hydrogens is 376 g/mol. The Bertz CT molecular complexity index is 960. The van der Waals surface area contributed by atoms with E-state index in [1.54, 1.807) is 13.8 Å². The largest absolute Gasteiger partial charge is 0.502 e. The number of ether oxygens (including phenoxy) is 1. The molecule has 8 nitrogen and oxygen atoms in total. The van der Waals surface area contributed by atoms with Gasteiger partial charge in [0.25, 0.3) is 0 Å². The maximum Gasteiger partial charge on any atom is 0.315 e. The topological polar surface area (TPSA) is 119 Å². The molecule has 1 aromatic carbocycles. The molecule has 154 valence electrons. The first-order chi connectivity index (χ1) is 13.6. The summed E-state index contributed by atoms with van der Waals surface area (Å²) in [7, 11) is 0. The number of nitro groups is 1. The lowest BCUT2D eigenvalue weighted by molar-refractivity contribution is -0.385. The van der Waals surface area contributed by atoms with Crippen LogP contribution in [0.1, 0.15) is 52.0 Å². The van der Waals surface area contributed by atoms with Crippen LogP contribution in [0.4, 0.5) is 5.69 Å². The van der Waals surface area contributed by atoms with Crippen molar-refractivity contribution in [2.45, 2.75) is 46.5 Å². The standard InChI is InChI=1S/C21H24N2O6/c1-5-29-20(26)17-11(2)22-13-9-21(3,4)10-16(25)19(13)18(17)12-6-7-14(23(27)28)15(24)8-12/h6-8,17-18,24H,5,9-10H2,1-4H3/t17?,18-/m1/s1. The number of rotatable bonds is 4. The number of phenolic OH excluding ortho intramolecular Hbond substituents is 1. The molecule has 29 heavy (non-hydrogen) atoms. The van der Waals surface area contributed by atoms with E-state index in [1.165, 1.54) is 18.2 Å². The Kier molecular flexibility index (Phi) is 5.30. The summed E-state index contributed by atoms with van der Waals surface area (Å²) in [5, 5.41) is 21.2. The van der Waals surface area contributed by atoms with Gasteiger partial charge in [-0.3, -0.25) is 24.7 Å². The molecule has 0 fully saturated rings. The Labute approximate surface area is 168 Å². The highest BCUT2D eigenvalue weighted by Gasteiger charge is 2.46. The van der Waals surface area contributed by atoms with Gasteiger partial charge in [0.2, 0.25) is 0 Å². The first-order valence-electron chi connectivity index (χ1n) is 9.51. The van der Waals surface area contributed by atoms with Crippen molar-refractivity contribution in [3.63, 3.8) is 0 Å². The third kappa shape index (κ3) is 3.79. The van der Waals surface area contributed by atoms with Crippen LogP contribution >= 0.6 is 0 Å². The van der Waals surface area contributed by atoms with Gasteiger partial charge in [0.15, 0.2) is 11.5 Å². The number of esters is 1. The van der Waals surface area contributed by atoms with Crippen molar-refractivity contribution in [1.29, 1.82) is 0 Å². The van der Waals surface area contributed by atoms with E-state index >= 15 is 0 Å². The van der Waals surface area contributed by atoms with Crippen LogP contribution in [0.2, 0.25) is 0 Å². The number of benzene rings is 1. The van der Waals surface area contributed by atoms with E-state index in [0.717, 1.165) is 0 Å². The average molecular weight is 400 g/mol. The summed E-state index contributed by atoms with van der Waals surface area (Å²) in [4.78, 5) is 40.8. The lowest BCUT2D eigenvalue weighted by Gasteiger charge is -2.38. The number of nitrogens with zero attached hydrogens (tertiary/aromatic N) is 2. The van der Waals surface area contributed by atoms with Crippen LogP contribution in [0.5, 0.6) is 5.75 Å². The van der Waals surface area contributed by atoms with Gasteiger partial charge < -0.3 is 9.84 Å². The van der Waals surface area contributed by atoms with E-state index in [0.29, 0.717) is 35.4 Å². The number of aromatic hydroxyl groups is 1. The van der Waals surface area contributed by atoms with Crippen molar-refractivity contribution in [1.82, 2.24) is 0 Å². The molecule has 0 saturated carbocycles. The second-order valence-electron chi connectivity index (χ2n) is 8.27. The van der Waals surface area contributed by atoms with Crippen molar-refractivity contribution < 1.29 is 24.4 Å². The van der Waals surface area contributed by atoms with Crippen LogP contribution in [-0.2, 0) is 14.3 Å². The maximum absolute atomic E-state index is 13.1.